The Morgan fingerprint density at radius 1 is 0.400 bits per heavy atom. The average Bonchev–Trinajstić information content (AvgIpc) is 2.55. The second-order valence-electron chi connectivity index (χ2n) is 8.69. The Kier molecular flexibility index (Phi) is 22.0. The van der Waals surface area contributed by atoms with E-state index in [0.717, 1.165) is 0 Å². The van der Waals surface area contributed by atoms with Gasteiger partial charge in [-0.3, -0.25) is 0 Å². The first-order chi connectivity index (χ1) is 11.6. The second kappa shape index (κ2) is 20.3. The third-order valence-electron chi connectivity index (χ3n) is 5.48. The number of unbranched alkanes of at least 4 members (excludes halogenated alkanes) is 15. The molecule has 0 radical (unpaired) electrons. The number of hydrogen-bond acceptors (Lipinski definition) is 0. The largest absolute Gasteiger partial charge is 0.358 e. The van der Waals surface area contributed by atoms with Gasteiger partial charge in [0.2, 0.25) is 0 Å². The Hall–Kier alpha value is -0.0400. The molecule has 0 fully saturated rings. The van der Waals surface area contributed by atoms with Crippen molar-refractivity contribution in [2.24, 2.45) is 0 Å². The molecule has 154 valence electrons. The molecule has 0 unspecified atom stereocenters. The Morgan fingerprint density at radius 2 is 0.640 bits per heavy atom. The van der Waals surface area contributed by atoms with Crippen LogP contribution >= 0.6 is 0 Å². The van der Waals surface area contributed by atoms with Crippen LogP contribution in [0.1, 0.15) is 123 Å². The van der Waals surface area contributed by atoms with Crippen molar-refractivity contribution in [3.63, 3.8) is 0 Å². The summed E-state index contributed by atoms with van der Waals surface area (Å²) in [6, 6.07) is 0. The molecule has 0 spiro atoms. The molecule has 0 aliphatic carbocycles. The highest BCUT2D eigenvalue weighted by atomic mass is 15.3. The molecule has 1 nitrogen and oxygen atoms in total. The Bertz CT molecular complexity index is 234. The second-order valence-corrected chi connectivity index (χ2v) is 8.69. The first kappa shape index (κ1) is 27.2. The first-order valence-electron chi connectivity index (χ1n) is 11.4. The molecular formula is C24H53N. The zero-order chi connectivity index (χ0) is 17.9. The molecule has 0 heterocycles. The molecule has 0 aromatic rings. The van der Waals surface area contributed by atoms with Crippen molar-refractivity contribution in [2.45, 2.75) is 123 Å². The van der Waals surface area contributed by atoms with Crippen LogP contribution in [-0.2, 0) is 0 Å². The van der Waals surface area contributed by atoms with Gasteiger partial charge in [0, 0.05) is 0 Å². The van der Waals surface area contributed by atoms with E-state index in [1.54, 1.807) is 0 Å². The van der Waals surface area contributed by atoms with Crippen LogP contribution in [0.2, 0.25) is 0 Å². The summed E-state index contributed by atoms with van der Waals surface area (Å²) < 4.78 is 1.24. The SMILES string of the molecule is CCCCCCCCCCC[N+](C)(C)CCCCCCCCCC.[CH3-]. The predicted molar refractivity (Wildman–Crippen MR) is 118 cm³/mol. The molecule has 0 rings (SSSR count). The van der Waals surface area contributed by atoms with Gasteiger partial charge in [0.05, 0.1) is 27.2 Å². The van der Waals surface area contributed by atoms with Crippen LogP contribution < -0.4 is 0 Å². The maximum atomic E-state index is 2.44. The van der Waals surface area contributed by atoms with Crippen molar-refractivity contribution >= 4 is 0 Å². The van der Waals surface area contributed by atoms with Gasteiger partial charge in [-0.15, -0.1) is 0 Å². The average molecular weight is 356 g/mol. The van der Waals surface area contributed by atoms with Gasteiger partial charge in [-0.2, -0.15) is 0 Å². The lowest BCUT2D eigenvalue weighted by Gasteiger charge is -2.30. The zero-order valence-electron chi connectivity index (χ0n) is 18.9. The van der Waals surface area contributed by atoms with E-state index in [2.05, 4.69) is 27.9 Å². The Morgan fingerprint density at radius 3 is 0.920 bits per heavy atom. The molecule has 0 amide bonds. The summed E-state index contributed by atoms with van der Waals surface area (Å²) in [5.41, 5.74) is 0. The zero-order valence-corrected chi connectivity index (χ0v) is 18.9. The Labute approximate surface area is 162 Å². The van der Waals surface area contributed by atoms with Gasteiger partial charge in [0.25, 0.3) is 0 Å². The lowest BCUT2D eigenvalue weighted by Crippen LogP contribution is -2.41. The van der Waals surface area contributed by atoms with Crippen LogP contribution in [0.3, 0.4) is 0 Å². The third-order valence-corrected chi connectivity index (χ3v) is 5.48. The summed E-state index contributed by atoms with van der Waals surface area (Å²) in [4.78, 5) is 0. The van der Waals surface area contributed by atoms with E-state index in [9.17, 15) is 0 Å². The summed E-state index contributed by atoms with van der Waals surface area (Å²) in [5, 5.41) is 0. The van der Waals surface area contributed by atoms with E-state index in [1.807, 2.05) is 0 Å². The molecule has 0 aromatic carbocycles. The van der Waals surface area contributed by atoms with Gasteiger partial charge in [-0.1, -0.05) is 97.3 Å². The molecule has 0 atom stereocenters. The Balaban J connectivity index is 0. The number of nitrogens with zero attached hydrogens (tertiary/aromatic N) is 1. The molecule has 0 aromatic heterocycles. The van der Waals surface area contributed by atoms with Gasteiger partial charge in [-0.25, -0.2) is 0 Å². The standard InChI is InChI=1S/C23H50N.CH3/c1-5-7-9-11-13-15-17-19-21-23-24(3,4)22-20-18-16-14-12-10-8-6-2;/h5-23H2,1-4H3;1H3/q+1;-1. The van der Waals surface area contributed by atoms with Crippen molar-refractivity contribution in [2.75, 3.05) is 27.2 Å². The van der Waals surface area contributed by atoms with Crippen LogP contribution in [0.4, 0.5) is 0 Å². The normalized spacial score (nSPS) is 11.5. The smallest absolute Gasteiger partial charge is 0.0782 e. The molecule has 1 heteroatoms. The van der Waals surface area contributed by atoms with Gasteiger partial charge < -0.3 is 11.9 Å². The summed E-state index contributed by atoms with van der Waals surface area (Å²) >= 11 is 0. The first-order valence-corrected chi connectivity index (χ1v) is 11.4. The van der Waals surface area contributed by atoms with Crippen LogP contribution in [0.15, 0.2) is 0 Å². The van der Waals surface area contributed by atoms with E-state index in [-0.39, 0.29) is 7.43 Å². The monoisotopic (exact) mass is 355 g/mol. The van der Waals surface area contributed by atoms with Crippen LogP contribution in [0.5, 0.6) is 0 Å². The predicted octanol–water partition coefficient (Wildman–Crippen LogP) is 8.18. The van der Waals surface area contributed by atoms with E-state index in [0.29, 0.717) is 0 Å². The minimum Gasteiger partial charge on any atom is -0.358 e. The molecule has 0 bridgehead atoms. The molecule has 0 aliphatic rings. The van der Waals surface area contributed by atoms with Gasteiger partial charge in [-0.05, 0) is 25.7 Å². The number of rotatable bonds is 19. The van der Waals surface area contributed by atoms with E-state index in [1.165, 1.54) is 127 Å². The minimum absolute atomic E-state index is 0. The molecule has 0 saturated carbocycles. The number of hydrogen-bond donors (Lipinski definition) is 0. The van der Waals surface area contributed by atoms with Gasteiger partial charge in [0.15, 0.2) is 0 Å². The van der Waals surface area contributed by atoms with Crippen molar-refractivity contribution in [1.82, 2.24) is 0 Å². The highest BCUT2D eigenvalue weighted by Gasteiger charge is 2.13. The maximum Gasteiger partial charge on any atom is 0.0782 e. The fraction of sp³-hybridized carbons (Fsp3) is 0.958. The molecule has 0 aliphatic heterocycles. The van der Waals surface area contributed by atoms with Gasteiger partial charge >= 0.3 is 0 Å². The van der Waals surface area contributed by atoms with Crippen molar-refractivity contribution in [3.05, 3.63) is 7.43 Å². The van der Waals surface area contributed by atoms with Crippen LogP contribution in [-0.4, -0.2) is 31.7 Å². The lowest BCUT2D eigenvalue weighted by molar-refractivity contribution is -0.890. The van der Waals surface area contributed by atoms with Gasteiger partial charge in [0.1, 0.15) is 0 Å². The highest BCUT2D eigenvalue weighted by Crippen LogP contribution is 2.13. The van der Waals surface area contributed by atoms with Crippen molar-refractivity contribution in [3.8, 4) is 0 Å². The van der Waals surface area contributed by atoms with Crippen LogP contribution in [0, 0.1) is 7.43 Å². The molecule has 0 saturated heterocycles. The minimum atomic E-state index is 0. The fourth-order valence-electron chi connectivity index (χ4n) is 3.64. The molecule has 25 heavy (non-hydrogen) atoms. The summed E-state index contributed by atoms with van der Waals surface area (Å²) in [6.45, 7) is 7.36. The van der Waals surface area contributed by atoms with Crippen molar-refractivity contribution in [1.29, 1.82) is 0 Å². The maximum absolute atomic E-state index is 2.44. The van der Waals surface area contributed by atoms with E-state index >= 15 is 0 Å². The summed E-state index contributed by atoms with van der Waals surface area (Å²) in [5.74, 6) is 0. The van der Waals surface area contributed by atoms with E-state index < -0.39 is 0 Å². The van der Waals surface area contributed by atoms with Crippen molar-refractivity contribution < 1.29 is 4.48 Å². The highest BCUT2D eigenvalue weighted by molar-refractivity contribution is 4.49. The topological polar surface area (TPSA) is 0 Å². The quantitative estimate of drug-likeness (QED) is 0.124. The fourth-order valence-corrected chi connectivity index (χ4v) is 3.64. The summed E-state index contributed by atoms with van der Waals surface area (Å²) in [7, 11) is 4.87. The lowest BCUT2D eigenvalue weighted by atomic mass is 10.1. The van der Waals surface area contributed by atoms with E-state index in [4.69, 9.17) is 0 Å². The number of quaternary nitrogens is 1. The third kappa shape index (κ3) is 21.9. The molecular weight excluding hydrogens is 302 g/mol. The molecule has 0 N–H and O–H groups in total. The summed E-state index contributed by atoms with van der Waals surface area (Å²) in [6.07, 6.45) is 24.5. The van der Waals surface area contributed by atoms with Crippen LogP contribution in [0.25, 0.3) is 0 Å².